The summed E-state index contributed by atoms with van der Waals surface area (Å²) in [5.74, 6) is -1.49. The van der Waals surface area contributed by atoms with Crippen LogP contribution in [-0.2, 0) is 32.6 Å². The maximum atomic E-state index is 13.9. The monoisotopic (exact) mass is 579 g/mol. The van der Waals surface area contributed by atoms with Gasteiger partial charge >= 0.3 is 0 Å². The molecule has 3 rings (SSSR count). The molecule has 0 heterocycles. The Morgan fingerprint density at radius 2 is 1.63 bits per heavy atom. The molecule has 0 bridgehead atoms. The van der Waals surface area contributed by atoms with E-state index in [0.29, 0.717) is 17.1 Å². The van der Waals surface area contributed by atoms with Crippen molar-refractivity contribution in [3.8, 4) is 0 Å². The normalized spacial score (nSPS) is 12.0. The first-order chi connectivity index (χ1) is 18.0. The van der Waals surface area contributed by atoms with Crippen molar-refractivity contribution in [2.45, 2.75) is 25.9 Å². The quantitative estimate of drug-likeness (QED) is 0.357. The van der Waals surface area contributed by atoms with E-state index in [1.807, 2.05) is 30.3 Å². The van der Waals surface area contributed by atoms with Crippen LogP contribution < -0.4 is 9.62 Å². The van der Waals surface area contributed by atoms with Crippen molar-refractivity contribution in [3.05, 3.63) is 99.8 Å². The molecule has 202 valence electrons. The number of likely N-dealkylation sites (N-methyl/N-ethyl adjacent to an activating group) is 1. The summed E-state index contributed by atoms with van der Waals surface area (Å²) in [6.07, 6.45) is 1.14. The molecule has 3 aromatic rings. The number of sulfonamides is 1. The summed E-state index contributed by atoms with van der Waals surface area (Å²) in [6, 6.07) is 18.0. The van der Waals surface area contributed by atoms with Crippen molar-refractivity contribution in [1.82, 2.24) is 10.2 Å². The van der Waals surface area contributed by atoms with Gasteiger partial charge in [0.05, 0.1) is 17.0 Å². The highest BCUT2D eigenvalue weighted by atomic mass is 35.5. The third kappa shape index (κ3) is 7.93. The van der Waals surface area contributed by atoms with E-state index in [1.165, 1.54) is 47.4 Å². The molecule has 2 amide bonds. The number of nitrogens with zero attached hydrogens (tertiary/aromatic N) is 2. The molecule has 0 aliphatic carbocycles. The number of carbonyl (C=O) groups excluding carboxylic acids is 2. The van der Waals surface area contributed by atoms with Gasteiger partial charge in [-0.3, -0.25) is 13.9 Å². The predicted octanol–water partition coefficient (Wildman–Crippen LogP) is 4.67. The zero-order valence-electron chi connectivity index (χ0n) is 20.9. The van der Waals surface area contributed by atoms with Gasteiger partial charge in [0.2, 0.25) is 21.8 Å². The van der Waals surface area contributed by atoms with Crippen molar-refractivity contribution in [1.29, 1.82) is 0 Å². The maximum Gasteiger partial charge on any atom is 0.244 e. The van der Waals surface area contributed by atoms with Crippen LogP contribution in [0.1, 0.15) is 18.1 Å². The van der Waals surface area contributed by atoms with E-state index in [2.05, 4.69) is 5.32 Å². The van der Waals surface area contributed by atoms with Gasteiger partial charge in [0.25, 0.3) is 0 Å². The molecular formula is C27H28Cl2FN3O4S. The van der Waals surface area contributed by atoms with Gasteiger partial charge < -0.3 is 10.2 Å². The van der Waals surface area contributed by atoms with E-state index >= 15 is 0 Å². The zero-order chi connectivity index (χ0) is 27.9. The first-order valence-corrected chi connectivity index (χ1v) is 14.4. The molecular weight excluding hydrogens is 552 g/mol. The number of rotatable bonds is 11. The summed E-state index contributed by atoms with van der Waals surface area (Å²) in [6.45, 7) is 1.42. The number of carbonyl (C=O) groups is 2. The van der Waals surface area contributed by atoms with Gasteiger partial charge in [0, 0.05) is 24.5 Å². The summed E-state index contributed by atoms with van der Waals surface area (Å²) in [5.41, 5.74) is 1.45. The number of amides is 2. The van der Waals surface area contributed by atoms with Crippen LogP contribution in [0, 0.1) is 5.82 Å². The number of hydrogen-bond acceptors (Lipinski definition) is 4. The highest BCUT2D eigenvalue weighted by Gasteiger charge is 2.33. The van der Waals surface area contributed by atoms with Crippen molar-refractivity contribution >= 4 is 50.7 Å². The summed E-state index contributed by atoms with van der Waals surface area (Å²) < 4.78 is 40.0. The van der Waals surface area contributed by atoms with Gasteiger partial charge in [0.15, 0.2) is 0 Å². The van der Waals surface area contributed by atoms with Gasteiger partial charge in [-0.25, -0.2) is 12.8 Å². The van der Waals surface area contributed by atoms with Crippen LogP contribution in [0.2, 0.25) is 10.0 Å². The predicted molar refractivity (Wildman–Crippen MR) is 148 cm³/mol. The molecule has 11 heteroatoms. The number of anilines is 1. The van der Waals surface area contributed by atoms with E-state index in [4.69, 9.17) is 23.2 Å². The standard InChI is InChI=1S/C27H28Cl2FN3O4S/c1-3-31-27(35)25(15-19-7-5-4-6-8-19)32(17-20-9-12-22(30)13-10-20)26(34)18-33(38(2,36)37)24-14-11-21(28)16-23(24)29/h4-14,16,25H,3,15,17-18H2,1-2H3,(H,31,35)/t25-/m1/s1. The van der Waals surface area contributed by atoms with Crippen LogP contribution in [0.25, 0.3) is 0 Å². The van der Waals surface area contributed by atoms with Crippen LogP contribution in [0.5, 0.6) is 0 Å². The minimum absolute atomic E-state index is 0.0466. The smallest absolute Gasteiger partial charge is 0.244 e. The van der Waals surface area contributed by atoms with E-state index in [9.17, 15) is 22.4 Å². The Hall–Kier alpha value is -3.14. The van der Waals surface area contributed by atoms with Crippen LogP contribution in [-0.4, -0.2) is 50.5 Å². The molecule has 1 atom stereocenters. The second-order valence-electron chi connectivity index (χ2n) is 8.61. The largest absolute Gasteiger partial charge is 0.355 e. The van der Waals surface area contributed by atoms with Crippen molar-refractivity contribution in [2.75, 3.05) is 23.7 Å². The van der Waals surface area contributed by atoms with E-state index in [1.54, 1.807) is 6.92 Å². The lowest BCUT2D eigenvalue weighted by Gasteiger charge is -2.33. The second-order valence-corrected chi connectivity index (χ2v) is 11.4. The molecule has 0 unspecified atom stereocenters. The van der Waals surface area contributed by atoms with Gasteiger partial charge in [-0.05, 0) is 48.4 Å². The van der Waals surface area contributed by atoms with Crippen molar-refractivity contribution in [2.24, 2.45) is 0 Å². The SMILES string of the molecule is CCNC(=O)[C@@H](Cc1ccccc1)N(Cc1ccc(F)cc1)C(=O)CN(c1ccc(Cl)cc1Cl)S(C)(=O)=O. The van der Waals surface area contributed by atoms with Crippen LogP contribution in [0.4, 0.5) is 10.1 Å². The Morgan fingerprint density at radius 1 is 0.974 bits per heavy atom. The fourth-order valence-electron chi connectivity index (χ4n) is 3.91. The third-order valence-corrected chi connectivity index (χ3v) is 7.41. The summed E-state index contributed by atoms with van der Waals surface area (Å²) >= 11 is 12.3. The van der Waals surface area contributed by atoms with E-state index in [0.717, 1.165) is 16.1 Å². The van der Waals surface area contributed by atoms with E-state index in [-0.39, 0.29) is 23.7 Å². The van der Waals surface area contributed by atoms with Gasteiger partial charge in [-0.2, -0.15) is 0 Å². The van der Waals surface area contributed by atoms with Gasteiger partial charge in [-0.15, -0.1) is 0 Å². The Balaban J connectivity index is 2.05. The van der Waals surface area contributed by atoms with Gasteiger partial charge in [-0.1, -0.05) is 65.7 Å². The Morgan fingerprint density at radius 3 is 2.21 bits per heavy atom. The van der Waals surface area contributed by atoms with Crippen molar-refractivity contribution in [3.63, 3.8) is 0 Å². The molecule has 0 saturated carbocycles. The minimum atomic E-state index is -3.97. The lowest BCUT2D eigenvalue weighted by Crippen LogP contribution is -2.53. The average molecular weight is 581 g/mol. The fraction of sp³-hybridized carbons (Fsp3) is 0.259. The lowest BCUT2D eigenvalue weighted by molar-refractivity contribution is -0.140. The Kier molecular flexibility index (Phi) is 10.1. The number of benzene rings is 3. The van der Waals surface area contributed by atoms with Crippen LogP contribution in [0.3, 0.4) is 0 Å². The van der Waals surface area contributed by atoms with Crippen LogP contribution >= 0.6 is 23.2 Å². The summed E-state index contributed by atoms with van der Waals surface area (Å²) in [5, 5.41) is 3.11. The maximum absolute atomic E-state index is 13.9. The molecule has 1 N–H and O–H groups in total. The minimum Gasteiger partial charge on any atom is -0.355 e. The highest BCUT2D eigenvalue weighted by molar-refractivity contribution is 7.92. The molecule has 0 spiro atoms. The number of hydrogen-bond donors (Lipinski definition) is 1. The van der Waals surface area contributed by atoms with Gasteiger partial charge in [0.1, 0.15) is 18.4 Å². The second kappa shape index (κ2) is 13.1. The molecule has 0 aliphatic rings. The summed E-state index contributed by atoms with van der Waals surface area (Å²) in [4.78, 5) is 28.4. The molecule has 0 radical (unpaired) electrons. The molecule has 7 nitrogen and oxygen atoms in total. The molecule has 0 fully saturated rings. The average Bonchev–Trinajstić information content (AvgIpc) is 2.86. The molecule has 3 aromatic carbocycles. The third-order valence-electron chi connectivity index (χ3n) is 5.75. The molecule has 0 saturated heterocycles. The lowest BCUT2D eigenvalue weighted by atomic mass is 10.0. The van der Waals surface area contributed by atoms with Crippen molar-refractivity contribution < 1.29 is 22.4 Å². The number of halogens is 3. The first-order valence-electron chi connectivity index (χ1n) is 11.8. The Labute approximate surface area is 232 Å². The topological polar surface area (TPSA) is 86.8 Å². The summed E-state index contributed by atoms with van der Waals surface area (Å²) in [7, 11) is -3.97. The molecule has 0 aromatic heterocycles. The Bertz CT molecular complexity index is 1370. The highest BCUT2D eigenvalue weighted by Crippen LogP contribution is 2.30. The zero-order valence-corrected chi connectivity index (χ0v) is 23.2. The number of nitrogens with one attached hydrogen (secondary N) is 1. The first kappa shape index (κ1) is 29.4. The fourth-order valence-corrected chi connectivity index (χ4v) is 5.33. The molecule has 38 heavy (non-hydrogen) atoms. The molecule has 0 aliphatic heterocycles. The van der Waals surface area contributed by atoms with E-state index < -0.39 is 40.2 Å². The van der Waals surface area contributed by atoms with Crippen LogP contribution in [0.15, 0.2) is 72.8 Å².